The lowest BCUT2D eigenvalue weighted by molar-refractivity contribution is -0.146. The van der Waals surface area contributed by atoms with Crippen molar-refractivity contribution in [3.63, 3.8) is 0 Å². The maximum Gasteiger partial charge on any atom is 0.316 e. The molecule has 0 aliphatic heterocycles. The predicted molar refractivity (Wildman–Crippen MR) is 56.8 cm³/mol. The first-order chi connectivity index (χ1) is 7.70. The van der Waals surface area contributed by atoms with Gasteiger partial charge in [-0.1, -0.05) is 6.92 Å². The number of esters is 1. The zero-order valence-corrected chi connectivity index (χ0v) is 9.34. The summed E-state index contributed by atoms with van der Waals surface area (Å²) in [5.74, 6) is -1.54. The van der Waals surface area contributed by atoms with E-state index in [0.717, 1.165) is 0 Å². The molecule has 1 atom stereocenters. The number of rotatable bonds is 5. The van der Waals surface area contributed by atoms with Crippen LogP contribution in [-0.2, 0) is 9.53 Å². The van der Waals surface area contributed by atoms with Crippen LogP contribution in [-0.4, -0.2) is 28.3 Å². The van der Waals surface area contributed by atoms with Gasteiger partial charge in [0, 0.05) is 12.4 Å². The fourth-order valence-electron chi connectivity index (χ4n) is 1.33. The fourth-order valence-corrected chi connectivity index (χ4v) is 1.33. The van der Waals surface area contributed by atoms with Gasteiger partial charge < -0.3 is 4.74 Å². The first-order valence-corrected chi connectivity index (χ1v) is 5.16. The summed E-state index contributed by atoms with van der Waals surface area (Å²) in [4.78, 5) is 30.9. The summed E-state index contributed by atoms with van der Waals surface area (Å²) < 4.78 is 4.84. The van der Waals surface area contributed by atoms with Crippen LogP contribution in [0.25, 0.3) is 0 Å². The molecule has 1 aromatic heterocycles. The molecular formula is C11H14N2O3. The molecule has 1 aromatic rings. The normalized spacial score (nSPS) is 11.9. The topological polar surface area (TPSA) is 69.2 Å². The van der Waals surface area contributed by atoms with Crippen molar-refractivity contribution in [2.75, 3.05) is 6.61 Å². The van der Waals surface area contributed by atoms with E-state index in [4.69, 9.17) is 4.74 Å². The zero-order valence-electron chi connectivity index (χ0n) is 9.34. The van der Waals surface area contributed by atoms with Crippen LogP contribution < -0.4 is 0 Å². The molecule has 1 rings (SSSR count). The van der Waals surface area contributed by atoms with E-state index in [2.05, 4.69) is 9.97 Å². The van der Waals surface area contributed by atoms with Gasteiger partial charge in [0.25, 0.3) is 0 Å². The molecule has 0 saturated heterocycles. The third-order valence-corrected chi connectivity index (χ3v) is 2.14. The second kappa shape index (κ2) is 5.95. The molecule has 1 heterocycles. The number of hydrogen-bond acceptors (Lipinski definition) is 5. The highest BCUT2D eigenvalue weighted by Crippen LogP contribution is 2.12. The largest absolute Gasteiger partial charge is 0.465 e. The van der Waals surface area contributed by atoms with E-state index in [1.165, 1.54) is 18.7 Å². The lowest BCUT2D eigenvalue weighted by Crippen LogP contribution is -2.25. The van der Waals surface area contributed by atoms with Crippen molar-refractivity contribution in [1.29, 1.82) is 0 Å². The summed E-state index contributed by atoms with van der Waals surface area (Å²) in [7, 11) is 0. The summed E-state index contributed by atoms with van der Waals surface area (Å²) in [5.41, 5.74) is 0.336. The van der Waals surface area contributed by atoms with Crippen LogP contribution in [0.1, 0.15) is 30.6 Å². The van der Waals surface area contributed by atoms with E-state index in [0.29, 0.717) is 12.0 Å². The summed E-state index contributed by atoms with van der Waals surface area (Å²) in [6, 6.07) is 0. The molecule has 86 valence electrons. The summed E-state index contributed by atoms with van der Waals surface area (Å²) in [6.07, 6.45) is 4.54. The van der Waals surface area contributed by atoms with Gasteiger partial charge >= 0.3 is 5.97 Å². The van der Waals surface area contributed by atoms with Gasteiger partial charge in [0.2, 0.25) is 0 Å². The molecular weight excluding hydrogens is 208 g/mol. The Labute approximate surface area is 93.9 Å². The van der Waals surface area contributed by atoms with Gasteiger partial charge in [-0.3, -0.25) is 9.59 Å². The molecule has 0 aromatic carbocycles. The maximum absolute atomic E-state index is 11.9. The first kappa shape index (κ1) is 12.3. The Hall–Kier alpha value is -1.78. The van der Waals surface area contributed by atoms with Gasteiger partial charge in [0.15, 0.2) is 5.78 Å². The van der Waals surface area contributed by atoms with Crippen LogP contribution >= 0.6 is 0 Å². The Balaban J connectivity index is 2.82. The monoisotopic (exact) mass is 222 g/mol. The van der Waals surface area contributed by atoms with Crippen molar-refractivity contribution < 1.29 is 14.3 Å². The van der Waals surface area contributed by atoms with Crippen molar-refractivity contribution in [2.24, 2.45) is 5.92 Å². The van der Waals surface area contributed by atoms with Crippen molar-refractivity contribution in [2.45, 2.75) is 20.3 Å². The number of carbonyl (C=O) groups is 2. The van der Waals surface area contributed by atoms with E-state index >= 15 is 0 Å². The maximum atomic E-state index is 11.9. The van der Waals surface area contributed by atoms with Gasteiger partial charge in [0.05, 0.1) is 12.2 Å². The average Bonchev–Trinajstić information content (AvgIpc) is 2.31. The molecule has 0 amide bonds. The number of hydrogen-bond donors (Lipinski definition) is 0. The van der Waals surface area contributed by atoms with Gasteiger partial charge in [-0.15, -0.1) is 0 Å². The first-order valence-electron chi connectivity index (χ1n) is 5.16. The summed E-state index contributed by atoms with van der Waals surface area (Å²) in [6.45, 7) is 3.75. The molecule has 5 heteroatoms. The Morgan fingerprint density at radius 3 is 2.44 bits per heavy atom. The highest BCUT2D eigenvalue weighted by molar-refractivity contribution is 6.08. The molecule has 0 fully saturated rings. The van der Waals surface area contributed by atoms with Crippen LogP contribution in [0.3, 0.4) is 0 Å². The van der Waals surface area contributed by atoms with Gasteiger partial charge in [-0.2, -0.15) is 0 Å². The summed E-state index contributed by atoms with van der Waals surface area (Å²) >= 11 is 0. The standard InChI is InChI=1S/C11H14N2O3/c1-3-9(11(15)16-4-2)10(14)8-5-12-7-13-6-8/h5-7,9H,3-4H2,1-2H3. The van der Waals surface area contributed by atoms with E-state index < -0.39 is 11.9 Å². The number of carbonyl (C=O) groups excluding carboxylic acids is 2. The van der Waals surface area contributed by atoms with E-state index in [9.17, 15) is 9.59 Å². The van der Waals surface area contributed by atoms with Crippen LogP contribution in [0, 0.1) is 5.92 Å². The lowest BCUT2D eigenvalue weighted by Gasteiger charge is -2.11. The van der Waals surface area contributed by atoms with Crippen LogP contribution in [0.2, 0.25) is 0 Å². The molecule has 0 spiro atoms. The van der Waals surface area contributed by atoms with Crippen molar-refractivity contribution >= 4 is 11.8 Å². The van der Waals surface area contributed by atoms with Crippen molar-refractivity contribution in [3.8, 4) is 0 Å². The minimum Gasteiger partial charge on any atom is -0.465 e. The molecule has 5 nitrogen and oxygen atoms in total. The number of aromatic nitrogens is 2. The fraction of sp³-hybridized carbons (Fsp3) is 0.455. The van der Waals surface area contributed by atoms with Crippen molar-refractivity contribution in [1.82, 2.24) is 9.97 Å². The molecule has 0 aliphatic carbocycles. The number of ketones is 1. The van der Waals surface area contributed by atoms with Crippen LogP contribution in [0.15, 0.2) is 18.7 Å². The van der Waals surface area contributed by atoms with Gasteiger partial charge in [0.1, 0.15) is 12.2 Å². The summed E-state index contributed by atoms with van der Waals surface area (Å²) in [5, 5.41) is 0. The van der Waals surface area contributed by atoms with Gasteiger partial charge in [-0.05, 0) is 13.3 Å². The Bertz CT molecular complexity index is 365. The quantitative estimate of drug-likeness (QED) is 0.426. The number of ether oxygens (including phenoxy) is 1. The molecule has 0 N–H and O–H groups in total. The molecule has 0 saturated carbocycles. The molecule has 16 heavy (non-hydrogen) atoms. The second-order valence-electron chi connectivity index (χ2n) is 3.20. The second-order valence-corrected chi connectivity index (χ2v) is 3.20. The minimum atomic E-state index is -0.758. The number of Topliss-reactive ketones (excluding diaryl/α,β-unsaturated/α-hetero) is 1. The Morgan fingerprint density at radius 1 is 1.31 bits per heavy atom. The van der Waals surface area contributed by atoms with E-state index in [1.807, 2.05) is 0 Å². The molecule has 1 unspecified atom stereocenters. The smallest absolute Gasteiger partial charge is 0.316 e. The highest BCUT2D eigenvalue weighted by Gasteiger charge is 2.27. The van der Waals surface area contributed by atoms with Crippen LogP contribution in [0.4, 0.5) is 0 Å². The molecule has 0 radical (unpaired) electrons. The third-order valence-electron chi connectivity index (χ3n) is 2.14. The van der Waals surface area contributed by atoms with E-state index in [1.54, 1.807) is 13.8 Å². The van der Waals surface area contributed by atoms with Crippen LogP contribution in [0.5, 0.6) is 0 Å². The predicted octanol–water partition coefficient (Wildman–Crippen LogP) is 1.25. The van der Waals surface area contributed by atoms with Crippen molar-refractivity contribution in [3.05, 3.63) is 24.3 Å². The average molecular weight is 222 g/mol. The van der Waals surface area contributed by atoms with E-state index in [-0.39, 0.29) is 12.4 Å². The Kier molecular flexibility index (Phi) is 4.57. The molecule has 0 aliphatic rings. The number of nitrogens with zero attached hydrogens (tertiary/aromatic N) is 2. The zero-order chi connectivity index (χ0) is 12.0. The minimum absolute atomic E-state index is 0.272. The van der Waals surface area contributed by atoms with Gasteiger partial charge in [-0.25, -0.2) is 9.97 Å². The Morgan fingerprint density at radius 2 is 1.94 bits per heavy atom. The SMILES string of the molecule is CCOC(=O)C(CC)C(=O)c1cncnc1. The highest BCUT2D eigenvalue weighted by atomic mass is 16.5. The lowest BCUT2D eigenvalue weighted by atomic mass is 9.97. The third kappa shape index (κ3) is 2.85. The molecule has 0 bridgehead atoms.